The van der Waals surface area contributed by atoms with Crippen LogP contribution in [-0.2, 0) is 9.53 Å². The number of urea groups is 1. The van der Waals surface area contributed by atoms with Gasteiger partial charge in [0.1, 0.15) is 18.5 Å². The maximum absolute atomic E-state index is 13.0. The molecule has 1 aromatic rings. The van der Waals surface area contributed by atoms with Gasteiger partial charge in [-0.25, -0.2) is 9.69 Å². The topological polar surface area (TPSA) is 97.9 Å². The van der Waals surface area contributed by atoms with E-state index in [0.717, 1.165) is 4.90 Å². The van der Waals surface area contributed by atoms with Crippen LogP contribution in [0.2, 0.25) is 5.02 Å². The van der Waals surface area contributed by atoms with Gasteiger partial charge >= 0.3 is 12.0 Å². The second-order valence-corrected chi connectivity index (χ2v) is 8.02. The van der Waals surface area contributed by atoms with Gasteiger partial charge in [0.2, 0.25) is 11.9 Å². The van der Waals surface area contributed by atoms with Crippen LogP contribution in [0.1, 0.15) is 0 Å². The number of aliphatic hydroxyl groups excluding tert-OH is 1. The molecule has 0 saturated carbocycles. The summed E-state index contributed by atoms with van der Waals surface area (Å²) in [6.45, 7) is 2.42. The van der Waals surface area contributed by atoms with Gasteiger partial charge in [-0.15, -0.1) is 0 Å². The van der Waals surface area contributed by atoms with Gasteiger partial charge < -0.3 is 14.6 Å². The summed E-state index contributed by atoms with van der Waals surface area (Å²) < 4.78 is 13.1. The van der Waals surface area contributed by atoms with Gasteiger partial charge in [0.05, 0.1) is 32.8 Å². The monoisotopic (exact) mass is 450 g/mol. The second kappa shape index (κ2) is 8.81. The number of morpholine rings is 1. The minimum absolute atomic E-state index is 0.0232. The molecule has 10 nitrogen and oxygen atoms in total. The Morgan fingerprint density at radius 2 is 1.90 bits per heavy atom. The molecule has 11 heteroatoms. The summed E-state index contributed by atoms with van der Waals surface area (Å²) in [5.41, 5.74) is 0. The van der Waals surface area contributed by atoms with Crippen LogP contribution in [0.25, 0.3) is 0 Å². The lowest BCUT2D eigenvalue weighted by molar-refractivity contribution is -0.554. The average molecular weight is 451 g/mol. The van der Waals surface area contributed by atoms with Crippen molar-refractivity contribution in [2.24, 2.45) is 4.99 Å². The Morgan fingerprint density at radius 1 is 1.23 bits per heavy atom. The molecule has 2 atom stereocenters. The van der Waals surface area contributed by atoms with Crippen LogP contribution >= 0.6 is 11.6 Å². The van der Waals surface area contributed by atoms with Gasteiger partial charge in [-0.05, 0) is 24.3 Å². The second-order valence-electron chi connectivity index (χ2n) is 7.58. The van der Waals surface area contributed by atoms with E-state index in [1.807, 2.05) is 4.58 Å². The van der Waals surface area contributed by atoms with Crippen molar-refractivity contribution >= 4 is 35.3 Å². The van der Waals surface area contributed by atoms with E-state index in [1.165, 1.54) is 11.9 Å². The molecule has 3 heterocycles. The number of likely N-dealkylation sites (N-methyl/N-ethyl adjacent to an activating group) is 2. The van der Waals surface area contributed by atoms with Gasteiger partial charge in [-0.2, -0.15) is 0 Å². The molecular formula is C20H25ClN5O5+. The summed E-state index contributed by atoms with van der Waals surface area (Å²) in [6, 6.07) is 5.63. The fourth-order valence-electron chi connectivity index (χ4n) is 3.79. The molecule has 2 fully saturated rings. The predicted octanol–water partition coefficient (Wildman–Crippen LogP) is 0.0849. The Balaban J connectivity index is 1.56. The number of benzene rings is 1. The molecular weight excluding hydrogens is 426 g/mol. The number of hydrogen-bond donors (Lipinski definition) is 1. The first-order valence-corrected chi connectivity index (χ1v) is 10.4. The SMILES string of the molecule is CN1C(=O)C2C(=NC(=[N+]3CCOCC3)N2CC(O)COc2ccc(Cl)cc2)N(C)C1=O. The number of ether oxygens (including phenoxy) is 2. The van der Waals surface area contributed by atoms with Gasteiger partial charge in [0.25, 0.3) is 5.91 Å². The van der Waals surface area contributed by atoms with Crippen molar-refractivity contribution in [1.82, 2.24) is 14.7 Å². The highest BCUT2D eigenvalue weighted by Gasteiger charge is 2.55. The number of guanidine groups is 1. The van der Waals surface area contributed by atoms with Crippen molar-refractivity contribution in [3.05, 3.63) is 29.3 Å². The van der Waals surface area contributed by atoms with Crippen molar-refractivity contribution in [2.45, 2.75) is 12.1 Å². The Bertz CT molecular complexity index is 926. The van der Waals surface area contributed by atoms with E-state index < -0.39 is 18.2 Å². The van der Waals surface area contributed by atoms with Gasteiger partial charge in [-0.3, -0.25) is 19.2 Å². The summed E-state index contributed by atoms with van der Waals surface area (Å²) in [6.07, 6.45) is -0.901. The number of amidine groups is 1. The minimum Gasteiger partial charge on any atom is -0.491 e. The zero-order valence-corrected chi connectivity index (χ0v) is 18.2. The van der Waals surface area contributed by atoms with Crippen molar-refractivity contribution in [3.8, 4) is 5.75 Å². The van der Waals surface area contributed by atoms with Gasteiger partial charge in [0.15, 0.2) is 0 Å². The Kier molecular flexibility index (Phi) is 6.12. The van der Waals surface area contributed by atoms with Gasteiger partial charge in [0, 0.05) is 19.1 Å². The van der Waals surface area contributed by atoms with Crippen LogP contribution in [0.4, 0.5) is 4.79 Å². The highest BCUT2D eigenvalue weighted by Crippen LogP contribution is 2.24. The Labute approximate surface area is 184 Å². The molecule has 0 radical (unpaired) electrons. The number of amides is 3. The number of imide groups is 1. The summed E-state index contributed by atoms with van der Waals surface area (Å²) >= 11 is 5.89. The number of rotatable bonds is 5. The first-order chi connectivity index (χ1) is 14.9. The standard InChI is InChI=1S/C20H25ClN5O5/c1-23-17-16(18(28)24(2)20(23)29)26(19(22-17)25-7-9-30-10-8-25)11-14(27)12-31-15-5-3-13(21)4-6-15/h3-6,14,16,27H,7-12H2,1-2H3/q+1. The van der Waals surface area contributed by atoms with Crippen LogP contribution in [0, 0.1) is 0 Å². The number of aliphatic hydroxyl groups is 1. The Hall–Kier alpha value is -2.69. The van der Waals surface area contributed by atoms with E-state index in [9.17, 15) is 14.7 Å². The molecule has 0 aliphatic carbocycles. The third-order valence-corrected chi connectivity index (χ3v) is 5.72. The zero-order chi connectivity index (χ0) is 22.1. The molecule has 3 amide bonds. The molecule has 31 heavy (non-hydrogen) atoms. The fourth-order valence-corrected chi connectivity index (χ4v) is 3.92. The first kappa shape index (κ1) is 21.5. The van der Waals surface area contributed by atoms with Gasteiger partial charge in [-0.1, -0.05) is 16.6 Å². The number of hydrogen-bond acceptors (Lipinski definition) is 5. The van der Waals surface area contributed by atoms with Crippen LogP contribution in [0.5, 0.6) is 5.75 Å². The van der Waals surface area contributed by atoms with Crippen molar-refractivity contribution in [3.63, 3.8) is 0 Å². The molecule has 3 aliphatic rings. The molecule has 0 bridgehead atoms. The molecule has 0 spiro atoms. The lowest BCUT2D eigenvalue weighted by Crippen LogP contribution is -2.63. The lowest BCUT2D eigenvalue weighted by Gasteiger charge is -2.33. The molecule has 1 aromatic carbocycles. The first-order valence-electron chi connectivity index (χ1n) is 10.0. The van der Waals surface area contributed by atoms with E-state index in [1.54, 1.807) is 36.2 Å². The predicted molar refractivity (Wildman–Crippen MR) is 113 cm³/mol. The summed E-state index contributed by atoms with van der Waals surface area (Å²) in [5, 5.41) is 11.3. The van der Waals surface area contributed by atoms with Crippen LogP contribution < -0.4 is 4.74 Å². The van der Waals surface area contributed by atoms with Crippen molar-refractivity contribution in [2.75, 3.05) is 53.6 Å². The fraction of sp³-hybridized carbons (Fsp3) is 0.500. The number of carbonyl (C=O) groups excluding carboxylic acids is 2. The Morgan fingerprint density at radius 3 is 2.58 bits per heavy atom. The van der Waals surface area contributed by atoms with E-state index in [2.05, 4.69) is 4.99 Å². The number of nitrogens with zero attached hydrogens (tertiary/aromatic N) is 5. The number of β-amino-alcohol motifs (C(OH)–C–C–N with tert-alkyl or cyclic N) is 1. The maximum Gasteiger partial charge on any atom is 0.392 e. The molecule has 2 saturated heterocycles. The van der Waals surface area contributed by atoms with E-state index in [-0.39, 0.29) is 19.1 Å². The molecule has 3 aliphatic heterocycles. The van der Waals surface area contributed by atoms with Crippen molar-refractivity contribution < 1.29 is 28.7 Å². The zero-order valence-electron chi connectivity index (χ0n) is 17.4. The van der Waals surface area contributed by atoms with E-state index in [0.29, 0.717) is 48.9 Å². The third kappa shape index (κ3) is 4.23. The van der Waals surface area contributed by atoms with Crippen molar-refractivity contribution in [1.29, 1.82) is 0 Å². The highest BCUT2D eigenvalue weighted by atomic mass is 35.5. The summed E-state index contributed by atoms with van der Waals surface area (Å²) in [4.78, 5) is 34.2. The number of halogens is 1. The van der Waals surface area contributed by atoms with Crippen LogP contribution in [0.3, 0.4) is 0 Å². The molecule has 0 aromatic heterocycles. The third-order valence-electron chi connectivity index (χ3n) is 5.47. The van der Waals surface area contributed by atoms with E-state index >= 15 is 0 Å². The largest absolute Gasteiger partial charge is 0.491 e. The smallest absolute Gasteiger partial charge is 0.392 e. The van der Waals surface area contributed by atoms with E-state index in [4.69, 9.17) is 21.1 Å². The number of fused-ring (bicyclic) bond motifs is 1. The maximum atomic E-state index is 13.0. The number of carbonyl (C=O) groups is 2. The molecule has 166 valence electrons. The van der Waals surface area contributed by atoms with Crippen LogP contribution in [0.15, 0.2) is 29.3 Å². The quantitative estimate of drug-likeness (QED) is 0.638. The minimum atomic E-state index is -0.901. The average Bonchev–Trinajstić information content (AvgIpc) is 3.15. The summed E-state index contributed by atoms with van der Waals surface area (Å²) in [7, 11) is 3.04. The lowest BCUT2D eigenvalue weighted by atomic mass is 10.1. The molecule has 4 rings (SSSR count). The number of aliphatic imine (C=N–C) groups is 1. The molecule has 2 unspecified atom stereocenters. The normalized spacial score (nSPS) is 22.6. The molecule has 1 N–H and O–H groups in total. The van der Waals surface area contributed by atoms with Crippen LogP contribution in [-0.4, -0.2) is 114 Å². The summed E-state index contributed by atoms with van der Waals surface area (Å²) in [5.74, 6) is 1.12. The highest BCUT2D eigenvalue weighted by molar-refractivity contribution is 6.30.